The van der Waals surface area contributed by atoms with Gasteiger partial charge in [-0.3, -0.25) is 39.1 Å². The molecule has 3 saturated heterocycles. The molecule has 5 heterocycles. The van der Waals surface area contributed by atoms with E-state index in [-0.39, 0.29) is 59.4 Å². The van der Waals surface area contributed by atoms with Crippen LogP contribution in [0, 0.1) is 34.9 Å². The van der Waals surface area contributed by atoms with Crippen molar-refractivity contribution in [2.45, 2.75) is 69.7 Å². The summed E-state index contributed by atoms with van der Waals surface area (Å²) in [6, 6.07) is 12.3. The summed E-state index contributed by atoms with van der Waals surface area (Å²) in [5.41, 5.74) is 0.984. The zero-order chi connectivity index (χ0) is 41.1. The molecule has 59 heavy (non-hydrogen) atoms. The molecule has 2 saturated carbocycles. The molecule has 9 rings (SSSR count). The fourth-order valence-electron chi connectivity index (χ4n) is 9.71. The number of hydrogen-bond donors (Lipinski definition) is 2. The molecule has 0 spiro atoms. The number of fused-ring (bicyclic) bond motifs is 2. The number of piperidine rings is 2. The van der Waals surface area contributed by atoms with Gasteiger partial charge in [-0.1, -0.05) is 11.6 Å². The summed E-state index contributed by atoms with van der Waals surface area (Å²) < 4.78 is 21.6. The Morgan fingerprint density at radius 2 is 1.71 bits per heavy atom. The number of piperazine rings is 1. The molecule has 306 valence electrons. The zero-order valence-corrected chi connectivity index (χ0v) is 33.2. The molecule has 5 atom stereocenters. The molecule has 0 bridgehead atoms. The maximum absolute atomic E-state index is 15.5. The van der Waals surface area contributed by atoms with Crippen LogP contribution in [-0.2, 0) is 9.59 Å². The van der Waals surface area contributed by atoms with Crippen molar-refractivity contribution < 1.29 is 33.1 Å². The van der Waals surface area contributed by atoms with Gasteiger partial charge in [-0.25, -0.2) is 4.39 Å². The maximum Gasteiger partial charge on any atom is 0.272 e. The fraction of sp³-hybridized carbons (Fsp3) is 0.476. The Morgan fingerprint density at radius 1 is 0.966 bits per heavy atom. The topological polar surface area (TPSA) is 181 Å². The molecular weight excluding hydrogens is 781 g/mol. The van der Waals surface area contributed by atoms with Gasteiger partial charge in [0.15, 0.2) is 11.5 Å². The third-order valence-electron chi connectivity index (χ3n) is 13.0. The summed E-state index contributed by atoms with van der Waals surface area (Å²) in [5, 5.41) is 23.5. The molecule has 15 nitrogen and oxygen atoms in total. The molecule has 5 amide bonds. The second-order valence-corrected chi connectivity index (χ2v) is 17.0. The van der Waals surface area contributed by atoms with Gasteiger partial charge in [-0.05, 0) is 93.2 Å². The van der Waals surface area contributed by atoms with E-state index in [4.69, 9.17) is 21.6 Å². The molecule has 17 heteroatoms. The van der Waals surface area contributed by atoms with Gasteiger partial charge in [0.1, 0.15) is 23.7 Å². The van der Waals surface area contributed by atoms with Crippen molar-refractivity contribution >= 4 is 52.6 Å². The highest BCUT2D eigenvalue weighted by atomic mass is 35.5. The average Bonchev–Trinajstić information content (AvgIpc) is 3.52. The molecule has 0 radical (unpaired) electrons. The summed E-state index contributed by atoms with van der Waals surface area (Å²) in [7, 11) is 0. The number of carbonyl (C=O) groups excluding carboxylic acids is 5. The number of benzene rings is 2. The van der Waals surface area contributed by atoms with E-state index in [0.717, 1.165) is 68.6 Å². The number of aromatic nitrogens is 2. The van der Waals surface area contributed by atoms with E-state index in [1.807, 2.05) is 17.0 Å². The van der Waals surface area contributed by atoms with Crippen LogP contribution in [0.5, 0.6) is 5.75 Å². The number of hydrogen-bond acceptors (Lipinski definition) is 12. The number of nitrogens with zero attached hydrogens (tertiary/aromatic N) is 7. The van der Waals surface area contributed by atoms with Crippen LogP contribution in [0.25, 0.3) is 0 Å². The average molecular weight is 824 g/mol. The van der Waals surface area contributed by atoms with Gasteiger partial charge in [-0.2, -0.15) is 5.26 Å². The highest BCUT2D eigenvalue weighted by Crippen LogP contribution is 2.53. The molecule has 5 fully saturated rings. The summed E-state index contributed by atoms with van der Waals surface area (Å²) >= 11 is 6.15. The molecule has 1 unspecified atom stereocenters. The molecule has 1 aromatic heterocycles. The van der Waals surface area contributed by atoms with E-state index in [1.165, 1.54) is 6.07 Å². The first kappa shape index (κ1) is 38.8. The summed E-state index contributed by atoms with van der Waals surface area (Å²) in [6.07, 6.45) is 3.14. The number of carbonyl (C=O) groups is 5. The highest BCUT2D eigenvalue weighted by Gasteiger charge is 2.56. The summed E-state index contributed by atoms with van der Waals surface area (Å²) in [6.45, 7) is 6.85. The van der Waals surface area contributed by atoms with Crippen LogP contribution < -0.4 is 25.2 Å². The van der Waals surface area contributed by atoms with Gasteiger partial charge >= 0.3 is 0 Å². The number of nitriles is 1. The number of imide groups is 2. The van der Waals surface area contributed by atoms with Crippen molar-refractivity contribution in [3.63, 3.8) is 0 Å². The number of halogens is 2. The minimum absolute atomic E-state index is 0.00286. The maximum atomic E-state index is 15.5. The molecule has 3 aromatic rings. The monoisotopic (exact) mass is 823 g/mol. The third kappa shape index (κ3) is 7.46. The van der Waals surface area contributed by atoms with E-state index >= 15 is 4.39 Å². The number of nitrogens with one attached hydrogen (secondary N) is 2. The number of anilines is 2. The van der Waals surface area contributed by atoms with E-state index in [9.17, 15) is 24.0 Å². The van der Waals surface area contributed by atoms with Crippen LogP contribution in [0.3, 0.4) is 0 Å². The molecule has 2 N–H and O–H groups in total. The van der Waals surface area contributed by atoms with Crippen LogP contribution >= 0.6 is 11.6 Å². The van der Waals surface area contributed by atoms with Gasteiger partial charge in [0, 0.05) is 63.8 Å². The SMILES string of the molecule is C[C@@H]1CN(C[C@@H]2[C@H]3CN(c4cc5c(cc4F)C(=O)N(C4CCC(=O)NC4=O)C5=O)C[C@@H]23)CCN1c1ccc(C(=O)N[C@H]2CC[C@H](Oc3ccc(C#N)c(Cl)c3)CC2)nn1. The lowest BCUT2D eigenvalue weighted by Crippen LogP contribution is -2.54. The largest absolute Gasteiger partial charge is 0.490 e. The minimum Gasteiger partial charge on any atom is -0.490 e. The van der Waals surface area contributed by atoms with Gasteiger partial charge < -0.3 is 19.9 Å². The van der Waals surface area contributed by atoms with E-state index in [1.54, 1.807) is 24.3 Å². The van der Waals surface area contributed by atoms with Crippen molar-refractivity contribution in [1.82, 2.24) is 30.6 Å². The standard InChI is InChI=1S/C42H43ClFN9O6/c1-22-18-50(12-13-52(22)37-10-8-34(48-49-37)39(55)46-24-3-6-25(7-4-24)59-26-5-2-23(17-45)32(43)14-26)19-29-30-20-51(21-31(29)30)36-16-28-27(15-33(36)44)41(57)53(42(28)58)35-9-11-38(54)47-40(35)56/h2,5,8,10,14-16,22,24-25,29-31,35H,3-4,6-7,9,11-13,18-21H2,1H3,(H,46,55)(H,47,54,56)/t22-,24-,25-,29-,30-,31+,35?/m1/s1. The summed E-state index contributed by atoms with van der Waals surface area (Å²) in [4.78, 5) is 71.1. The molecule has 2 aromatic carbocycles. The lowest BCUT2D eigenvalue weighted by Gasteiger charge is -2.40. The zero-order valence-electron chi connectivity index (χ0n) is 32.4. The van der Waals surface area contributed by atoms with Gasteiger partial charge in [0.2, 0.25) is 11.8 Å². The Kier molecular flexibility index (Phi) is 10.2. The molecule has 2 aliphatic carbocycles. The molecule has 4 aliphatic heterocycles. The Morgan fingerprint density at radius 3 is 2.37 bits per heavy atom. The molecule has 6 aliphatic rings. The van der Waals surface area contributed by atoms with Crippen LogP contribution in [-0.4, -0.2) is 113 Å². The van der Waals surface area contributed by atoms with Gasteiger partial charge in [0.05, 0.1) is 33.5 Å². The van der Waals surface area contributed by atoms with Crippen LogP contribution in [0.4, 0.5) is 15.9 Å². The Bertz CT molecular complexity index is 2270. The normalized spacial score (nSPS) is 27.9. The fourth-order valence-corrected chi connectivity index (χ4v) is 9.92. The van der Waals surface area contributed by atoms with Crippen molar-refractivity contribution in [1.29, 1.82) is 5.26 Å². The quantitative estimate of drug-likeness (QED) is 0.300. The van der Waals surface area contributed by atoms with Crippen molar-refractivity contribution in [3.05, 3.63) is 75.7 Å². The van der Waals surface area contributed by atoms with Crippen LogP contribution in [0.1, 0.15) is 82.2 Å². The van der Waals surface area contributed by atoms with Crippen molar-refractivity contribution in [2.75, 3.05) is 49.1 Å². The van der Waals surface area contributed by atoms with Crippen molar-refractivity contribution in [3.8, 4) is 11.8 Å². The van der Waals surface area contributed by atoms with E-state index in [0.29, 0.717) is 47.2 Å². The van der Waals surface area contributed by atoms with Gasteiger partial charge in [0.25, 0.3) is 17.7 Å². The van der Waals surface area contributed by atoms with E-state index in [2.05, 4.69) is 37.6 Å². The lowest BCUT2D eigenvalue weighted by molar-refractivity contribution is -0.136. The third-order valence-corrected chi connectivity index (χ3v) is 13.3. The lowest BCUT2D eigenvalue weighted by atomic mass is 9.93. The van der Waals surface area contributed by atoms with E-state index < -0.39 is 35.5 Å². The van der Waals surface area contributed by atoms with Crippen LogP contribution in [0.2, 0.25) is 5.02 Å². The number of rotatable bonds is 9. The van der Waals surface area contributed by atoms with Crippen LogP contribution in [0.15, 0.2) is 42.5 Å². The number of amides is 5. The predicted molar refractivity (Wildman–Crippen MR) is 211 cm³/mol. The first-order valence-corrected chi connectivity index (χ1v) is 20.6. The first-order chi connectivity index (χ1) is 28.4. The predicted octanol–water partition coefficient (Wildman–Crippen LogP) is 3.55. The number of ether oxygens (including phenoxy) is 1. The Labute approximate surface area is 344 Å². The van der Waals surface area contributed by atoms with Crippen molar-refractivity contribution in [2.24, 2.45) is 17.8 Å². The highest BCUT2D eigenvalue weighted by molar-refractivity contribution is 6.31. The smallest absolute Gasteiger partial charge is 0.272 e. The first-order valence-electron chi connectivity index (χ1n) is 20.3. The summed E-state index contributed by atoms with van der Waals surface area (Å²) in [5.74, 6) is -0.713. The second kappa shape index (κ2) is 15.5. The minimum atomic E-state index is -1.10. The second-order valence-electron chi connectivity index (χ2n) is 16.6. The van der Waals surface area contributed by atoms with Gasteiger partial charge in [-0.15, -0.1) is 10.2 Å². The Balaban J connectivity index is 0.725. The molecular formula is C42H43ClFN9O6. The Hall–Kier alpha value is -5.66.